The van der Waals surface area contributed by atoms with Gasteiger partial charge in [0.05, 0.1) is 17.1 Å². The van der Waals surface area contributed by atoms with Crippen LogP contribution in [0.2, 0.25) is 0 Å². The largest absolute Gasteiger partial charge is 0.380 e. The van der Waals surface area contributed by atoms with Gasteiger partial charge in [-0.1, -0.05) is 0 Å². The Hall–Kier alpha value is -0.630. The third-order valence-electron chi connectivity index (χ3n) is 2.41. The molecule has 20 heavy (non-hydrogen) atoms. The summed E-state index contributed by atoms with van der Waals surface area (Å²) in [4.78, 5) is 12.0. The molecule has 1 unspecified atom stereocenters. The average molecular weight is 385 g/mol. The van der Waals surface area contributed by atoms with Crippen molar-refractivity contribution < 1.29 is 17.9 Å². The molecular weight excluding hydrogens is 370 g/mol. The Morgan fingerprint density at radius 3 is 2.70 bits per heavy atom. The molecule has 0 radical (unpaired) electrons. The van der Waals surface area contributed by atoms with E-state index in [9.17, 15) is 13.2 Å². The summed E-state index contributed by atoms with van der Waals surface area (Å²) in [5.74, 6) is -0.397. The Labute approximate surface area is 131 Å². The molecule has 0 bridgehead atoms. The van der Waals surface area contributed by atoms with Gasteiger partial charge in [0.25, 0.3) is 15.0 Å². The second kappa shape index (κ2) is 7.40. The maximum absolute atomic E-state index is 12.1. The van der Waals surface area contributed by atoms with Crippen molar-refractivity contribution in [2.75, 3.05) is 13.2 Å². The number of halogens is 2. The Morgan fingerprint density at radius 2 is 2.15 bits per heavy atom. The van der Waals surface area contributed by atoms with E-state index in [4.69, 9.17) is 15.4 Å². The first-order chi connectivity index (χ1) is 9.25. The highest BCUT2D eigenvalue weighted by Crippen LogP contribution is 2.23. The minimum atomic E-state index is -3.87. The molecule has 112 valence electrons. The van der Waals surface area contributed by atoms with Crippen molar-refractivity contribution in [2.45, 2.75) is 24.8 Å². The monoisotopic (exact) mass is 383 g/mol. The maximum Gasteiger partial charge on any atom is 0.261 e. The molecule has 0 heterocycles. The molecule has 1 atom stereocenters. The number of hydrogen-bond donors (Lipinski definition) is 1. The van der Waals surface area contributed by atoms with E-state index in [1.165, 1.54) is 18.2 Å². The lowest BCUT2D eigenvalue weighted by Crippen LogP contribution is -2.36. The number of amides is 1. The number of ether oxygens (including phenoxy) is 1. The van der Waals surface area contributed by atoms with Gasteiger partial charge in [0, 0.05) is 27.8 Å². The van der Waals surface area contributed by atoms with Crippen molar-refractivity contribution >= 4 is 41.6 Å². The van der Waals surface area contributed by atoms with Crippen LogP contribution in [-0.2, 0) is 13.8 Å². The van der Waals surface area contributed by atoms with Crippen LogP contribution >= 0.6 is 26.6 Å². The van der Waals surface area contributed by atoms with Gasteiger partial charge in [-0.25, -0.2) is 8.42 Å². The highest BCUT2D eigenvalue weighted by atomic mass is 79.9. The topological polar surface area (TPSA) is 72.5 Å². The predicted octanol–water partition coefficient (Wildman–Crippen LogP) is 2.53. The zero-order chi connectivity index (χ0) is 15.3. The van der Waals surface area contributed by atoms with Crippen molar-refractivity contribution in [3.8, 4) is 0 Å². The first-order valence-electron chi connectivity index (χ1n) is 5.88. The van der Waals surface area contributed by atoms with Crippen molar-refractivity contribution in [2.24, 2.45) is 0 Å². The first-order valence-corrected chi connectivity index (χ1v) is 8.98. The van der Waals surface area contributed by atoms with E-state index in [0.717, 1.165) is 0 Å². The molecule has 8 heteroatoms. The number of carbonyl (C=O) groups is 1. The van der Waals surface area contributed by atoms with E-state index in [1.54, 1.807) is 6.92 Å². The van der Waals surface area contributed by atoms with Crippen LogP contribution in [0, 0.1) is 0 Å². The van der Waals surface area contributed by atoms with Crippen LogP contribution in [0.25, 0.3) is 0 Å². The Morgan fingerprint density at radius 1 is 1.50 bits per heavy atom. The van der Waals surface area contributed by atoms with Gasteiger partial charge in [0.2, 0.25) is 0 Å². The summed E-state index contributed by atoms with van der Waals surface area (Å²) in [5.41, 5.74) is 0.204. The summed E-state index contributed by atoms with van der Waals surface area (Å²) in [6.45, 7) is 4.60. The van der Waals surface area contributed by atoms with Gasteiger partial charge in [-0.15, -0.1) is 0 Å². The second-order valence-electron chi connectivity index (χ2n) is 4.11. The highest BCUT2D eigenvalue weighted by molar-refractivity contribution is 9.10. The zero-order valence-corrected chi connectivity index (χ0v) is 14.2. The quantitative estimate of drug-likeness (QED) is 0.765. The molecule has 0 aliphatic rings. The second-order valence-corrected chi connectivity index (χ2v) is 7.53. The zero-order valence-electron chi connectivity index (χ0n) is 11.0. The smallest absolute Gasteiger partial charge is 0.261 e. The van der Waals surface area contributed by atoms with E-state index in [1.807, 2.05) is 6.92 Å². The molecule has 1 aromatic rings. The lowest BCUT2D eigenvalue weighted by atomic mass is 10.2. The molecule has 1 N–H and O–H groups in total. The van der Waals surface area contributed by atoms with Crippen LogP contribution in [0.3, 0.4) is 0 Å². The summed E-state index contributed by atoms with van der Waals surface area (Å²) >= 11 is 3.21. The van der Waals surface area contributed by atoms with Crippen LogP contribution in [0.5, 0.6) is 0 Å². The number of benzene rings is 1. The van der Waals surface area contributed by atoms with Gasteiger partial charge < -0.3 is 10.1 Å². The normalized spacial score (nSPS) is 13.0. The van der Waals surface area contributed by atoms with E-state index >= 15 is 0 Å². The molecule has 1 rings (SSSR count). The number of nitrogens with one attached hydrogen (secondary N) is 1. The number of rotatable bonds is 6. The fourth-order valence-corrected chi connectivity index (χ4v) is 2.67. The lowest BCUT2D eigenvalue weighted by Gasteiger charge is -2.14. The molecule has 0 saturated heterocycles. The Balaban J connectivity index is 2.93. The third kappa shape index (κ3) is 5.05. The maximum atomic E-state index is 12.1. The van der Waals surface area contributed by atoms with Crippen molar-refractivity contribution in [3.63, 3.8) is 0 Å². The van der Waals surface area contributed by atoms with Gasteiger partial charge in [-0.05, 0) is 48.0 Å². The summed E-state index contributed by atoms with van der Waals surface area (Å²) in [6, 6.07) is 3.84. The van der Waals surface area contributed by atoms with Gasteiger partial charge in [0.15, 0.2) is 0 Å². The van der Waals surface area contributed by atoms with Gasteiger partial charge in [-0.3, -0.25) is 4.79 Å². The van der Waals surface area contributed by atoms with Crippen molar-refractivity contribution in [1.82, 2.24) is 5.32 Å². The summed E-state index contributed by atoms with van der Waals surface area (Å²) in [6.07, 6.45) is 0. The molecular formula is C12H15BrClNO4S. The highest BCUT2D eigenvalue weighted by Gasteiger charge is 2.17. The molecule has 5 nitrogen and oxygen atoms in total. The van der Waals surface area contributed by atoms with E-state index in [0.29, 0.717) is 17.7 Å². The summed E-state index contributed by atoms with van der Waals surface area (Å²) in [5, 5.41) is 2.72. The molecule has 0 fully saturated rings. The van der Waals surface area contributed by atoms with Crippen LogP contribution < -0.4 is 5.32 Å². The van der Waals surface area contributed by atoms with Gasteiger partial charge >= 0.3 is 0 Å². The average Bonchev–Trinajstić information content (AvgIpc) is 2.35. The van der Waals surface area contributed by atoms with Crippen LogP contribution in [0.15, 0.2) is 27.6 Å². The van der Waals surface area contributed by atoms with E-state index in [2.05, 4.69) is 21.2 Å². The standard InChI is InChI=1S/C12H15BrClNO4S/c1-3-19-7-8(2)15-12(16)10-6-9(20(14,17)18)4-5-11(10)13/h4-6,8H,3,7H2,1-2H3,(H,15,16). The van der Waals surface area contributed by atoms with Gasteiger partial charge in [-0.2, -0.15) is 0 Å². The van der Waals surface area contributed by atoms with Crippen molar-refractivity contribution in [1.29, 1.82) is 0 Å². The van der Waals surface area contributed by atoms with Gasteiger partial charge in [0.1, 0.15) is 0 Å². The predicted molar refractivity (Wildman–Crippen MR) is 80.6 cm³/mol. The number of hydrogen-bond acceptors (Lipinski definition) is 4. The fourth-order valence-electron chi connectivity index (χ4n) is 1.47. The number of carbonyl (C=O) groups excluding carboxylic acids is 1. The summed E-state index contributed by atoms with van der Waals surface area (Å²) in [7, 11) is 1.40. The van der Waals surface area contributed by atoms with E-state index in [-0.39, 0.29) is 16.5 Å². The molecule has 0 saturated carbocycles. The minimum absolute atomic E-state index is 0.120. The lowest BCUT2D eigenvalue weighted by molar-refractivity contribution is 0.0871. The molecule has 0 aromatic heterocycles. The van der Waals surface area contributed by atoms with E-state index < -0.39 is 15.0 Å². The first kappa shape index (κ1) is 17.4. The molecule has 1 aromatic carbocycles. The van der Waals surface area contributed by atoms with Crippen LogP contribution in [0.4, 0.5) is 0 Å². The van der Waals surface area contributed by atoms with Crippen LogP contribution in [0.1, 0.15) is 24.2 Å². The minimum Gasteiger partial charge on any atom is -0.380 e. The molecule has 0 aliphatic heterocycles. The van der Waals surface area contributed by atoms with Crippen LogP contribution in [-0.4, -0.2) is 33.6 Å². The molecule has 0 spiro atoms. The third-order valence-corrected chi connectivity index (χ3v) is 4.46. The fraction of sp³-hybridized carbons (Fsp3) is 0.417. The SMILES string of the molecule is CCOCC(C)NC(=O)c1cc(S(=O)(=O)Cl)ccc1Br. The Kier molecular flexibility index (Phi) is 6.44. The Bertz CT molecular complexity index is 591. The summed E-state index contributed by atoms with van der Waals surface area (Å²) < 4.78 is 28.2. The molecule has 0 aliphatic carbocycles. The molecule has 1 amide bonds. The van der Waals surface area contributed by atoms with Crippen molar-refractivity contribution in [3.05, 3.63) is 28.2 Å².